The first-order valence-corrected chi connectivity index (χ1v) is 18.6. The predicted octanol–water partition coefficient (Wildman–Crippen LogP) is 7.47. The molecule has 4 amide bonds. The van der Waals surface area contributed by atoms with Gasteiger partial charge >= 0.3 is 0 Å². The molecule has 10 nitrogen and oxygen atoms in total. The molecule has 2 heterocycles. The van der Waals surface area contributed by atoms with Crippen LogP contribution < -0.4 is 19.8 Å². The predicted molar refractivity (Wildman–Crippen MR) is 204 cm³/mol. The topological polar surface area (TPSA) is 125 Å². The van der Waals surface area contributed by atoms with Gasteiger partial charge in [-0.2, -0.15) is 5.01 Å². The normalized spacial score (nSPS) is 25.9. The van der Waals surface area contributed by atoms with Crippen LogP contribution in [0.25, 0.3) is 0 Å². The monoisotopic (exact) mass is 765 g/mol. The minimum absolute atomic E-state index is 0.0823. The Hall–Kier alpha value is -5.32. The summed E-state index contributed by atoms with van der Waals surface area (Å²) < 4.78 is 11.1. The maximum atomic E-state index is 15.4. The number of amides is 4. The number of aromatic hydroxyl groups is 1. The van der Waals surface area contributed by atoms with Crippen LogP contribution in [0, 0.1) is 23.7 Å². The van der Waals surface area contributed by atoms with Gasteiger partial charge in [-0.15, -0.1) is 0 Å². The molecule has 6 atom stereocenters. The molecule has 276 valence electrons. The number of hydrazine groups is 1. The number of hydrogen-bond donors (Lipinski definition) is 2. The molecule has 4 aromatic carbocycles. The number of imide groups is 2. The Morgan fingerprint density at radius 2 is 1.54 bits per heavy atom. The average Bonchev–Trinajstić information content (AvgIpc) is 3.56. The lowest BCUT2D eigenvalue weighted by molar-refractivity contribution is -0.138. The Morgan fingerprint density at radius 1 is 0.833 bits per heavy atom. The summed E-state index contributed by atoms with van der Waals surface area (Å²) in [6, 6.07) is 23.8. The zero-order valence-electron chi connectivity index (χ0n) is 29.7. The second-order valence-electron chi connectivity index (χ2n) is 14.2. The fraction of sp³-hybridized carbons (Fsp3) is 0.286. The van der Waals surface area contributed by atoms with Crippen molar-refractivity contribution >= 4 is 58.2 Å². The smallest absolute Gasteiger partial charge is 0.260 e. The molecule has 1 saturated carbocycles. The molecule has 2 N–H and O–H groups in total. The highest BCUT2D eigenvalue weighted by atomic mass is 35.5. The van der Waals surface area contributed by atoms with E-state index in [1.807, 2.05) is 25.1 Å². The zero-order chi connectivity index (χ0) is 38.1. The molecule has 3 fully saturated rings. The van der Waals surface area contributed by atoms with Crippen LogP contribution in [-0.2, 0) is 31.0 Å². The molecular weight excluding hydrogens is 729 g/mol. The second kappa shape index (κ2) is 13.5. The maximum absolute atomic E-state index is 15.4. The largest absolute Gasteiger partial charge is 0.508 e. The first kappa shape index (κ1) is 35.7. The maximum Gasteiger partial charge on any atom is 0.260 e. The summed E-state index contributed by atoms with van der Waals surface area (Å²) in [6.07, 6.45) is 3.07. The Labute approximate surface area is 322 Å². The summed E-state index contributed by atoms with van der Waals surface area (Å²) in [6.45, 7) is 2.03. The molecule has 12 heteroatoms. The number of allylic oxidation sites excluding steroid dienone is 2. The molecule has 4 aromatic rings. The van der Waals surface area contributed by atoms with Crippen LogP contribution in [0.4, 0.5) is 11.4 Å². The third-order valence-corrected chi connectivity index (χ3v) is 12.3. The number of aryl methyl sites for hydroxylation is 1. The standard InChI is InChI=1S/C42H37Cl2N3O7/c1-4-22-5-10-25(11-6-22)46-38(49)29-16-15-28-30(36(29)40(46)51)21-32-39(50)47(45-34-17-9-24(43)19-33(34)44)41(52)42(32,23-7-12-26(53-2)13-8-23)37(28)31-20-27(54-3)14-18-35(31)48/h5-15,17-20,29-30,32,36-37,45,48H,4,16,21H2,1-3H3. The van der Waals surface area contributed by atoms with Crippen LogP contribution in [0.2, 0.25) is 10.0 Å². The van der Waals surface area contributed by atoms with Gasteiger partial charge in [-0.1, -0.05) is 66.0 Å². The van der Waals surface area contributed by atoms with Gasteiger partial charge in [-0.05, 0) is 97.0 Å². The number of nitrogens with zero attached hydrogens (tertiary/aromatic N) is 2. The van der Waals surface area contributed by atoms with E-state index in [4.69, 9.17) is 32.7 Å². The molecule has 0 aromatic heterocycles. The summed E-state index contributed by atoms with van der Waals surface area (Å²) in [5, 5.41) is 13.2. The van der Waals surface area contributed by atoms with E-state index in [1.165, 1.54) is 31.3 Å². The van der Waals surface area contributed by atoms with E-state index in [9.17, 15) is 19.5 Å². The van der Waals surface area contributed by atoms with Gasteiger partial charge in [0.1, 0.15) is 17.2 Å². The first-order chi connectivity index (χ1) is 26.0. The Bertz CT molecular complexity index is 2240. The van der Waals surface area contributed by atoms with Crippen molar-refractivity contribution in [2.45, 2.75) is 37.5 Å². The van der Waals surface area contributed by atoms with Gasteiger partial charge in [0.15, 0.2) is 0 Å². The second-order valence-corrected chi connectivity index (χ2v) is 15.0. The summed E-state index contributed by atoms with van der Waals surface area (Å²) >= 11 is 12.7. The van der Waals surface area contributed by atoms with E-state index in [0.29, 0.717) is 38.9 Å². The van der Waals surface area contributed by atoms with Crippen molar-refractivity contribution in [3.8, 4) is 17.2 Å². The quantitative estimate of drug-likeness (QED) is 0.140. The first-order valence-electron chi connectivity index (χ1n) is 17.8. The number of halogens is 2. The molecule has 2 aliphatic carbocycles. The molecule has 8 rings (SSSR count). The van der Waals surface area contributed by atoms with E-state index in [1.54, 1.807) is 60.7 Å². The van der Waals surface area contributed by atoms with Crippen LogP contribution in [0.15, 0.2) is 96.6 Å². The minimum atomic E-state index is -1.63. The highest BCUT2D eigenvalue weighted by Crippen LogP contribution is 2.65. The third kappa shape index (κ3) is 5.29. The number of benzene rings is 4. The van der Waals surface area contributed by atoms with Gasteiger partial charge < -0.3 is 14.6 Å². The van der Waals surface area contributed by atoms with Crippen LogP contribution >= 0.6 is 23.2 Å². The number of methoxy groups -OCH3 is 2. The number of hydrogen-bond acceptors (Lipinski definition) is 8. The summed E-state index contributed by atoms with van der Waals surface area (Å²) in [4.78, 5) is 60.4. The number of phenols is 1. The van der Waals surface area contributed by atoms with Crippen LogP contribution in [0.5, 0.6) is 17.2 Å². The van der Waals surface area contributed by atoms with Gasteiger partial charge in [0.25, 0.3) is 11.8 Å². The molecule has 0 spiro atoms. The highest BCUT2D eigenvalue weighted by molar-refractivity contribution is 6.36. The highest BCUT2D eigenvalue weighted by Gasteiger charge is 2.70. The Morgan fingerprint density at radius 3 is 2.20 bits per heavy atom. The molecule has 0 bridgehead atoms. The minimum Gasteiger partial charge on any atom is -0.508 e. The van der Waals surface area contributed by atoms with Gasteiger partial charge in [0, 0.05) is 16.5 Å². The Balaban J connectivity index is 1.33. The van der Waals surface area contributed by atoms with E-state index in [-0.39, 0.29) is 41.1 Å². The molecule has 2 aliphatic heterocycles. The molecular formula is C42H37Cl2N3O7. The van der Waals surface area contributed by atoms with Crippen molar-refractivity contribution in [3.05, 3.63) is 123 Å². The van der Waals surface area contributed by atoms with Crippen molar-refractivity contribution < 1.29 is 33.8 Å². The fourth-order valence-electron chi connectivity index (χ4n) is 9.21. The number of ether oxygens (including phenoxy) is 2. The number of anilines is 2. The number of carbonyl (C=O) groups excluding carboxylic acids is 4. The van der Waals surface area contributed by atoms with E-state index in [0.717, 1.165) is 17.0 Å². The van der Waals surface area contributed by atoms with Crippen molar-refractivity contribution in [1.82, 2.24) is 5.01 Å². The summed E-state index contributed by atoms with van der Waals surface area (Å²) in [7, 11) is 3.04. The van der Waals surface area contributed by atoms with E-state index < -0.39 is 46.8 Å². The van der Waals surface area contributed by atoms with Crippen molar-refractivity contribution in [2.75, 3.05) is 24.5 Å². The van der Waals surface area contributed by atoms with Gasteiger partial charge in [0.2, 0.25) is 11.8 Å². The van der Waals surface area contributed by atoms with Gasteiger partial charge in [-0.3, -0.25) is 29.5 Å². The van der Waals surface area contributed by atoms with Crippen molar-refractivity contribution in [2.24, 2.45) is 23.7 Å². The number of rotatable bonds is 8. The molecule has 6 unspecified atom stereocenters. The lowest BCUT2D eigenvalue weighted by Gasteiger charge is -2.50. The molecule has 2 saturated heterocycles. The number of fused-ring (bicyclic) bond motifs is 4. The summed E-state index contributed by atoms with van der Waals surface area (Å²) in [5.41, 5.74) is 4.76. The Kier molecular flexibility index (Phi) is 8.93. The van der Waals surface area contributed by atoms with Crippen LogP contribution in [0.1, 0.15) is 42.4 Å². The number of phenolic OH excluding ortho intramolecular Hbond substituents is 1. The zero-order valence-corrected chi connectivity index (χ0v) is 31.2. The fourth-order valence-corrected chi connectivity index (χ4v) is 9.66. The van der Waals surface area contributed by atoms with Gasteiger partial charge in [-0.25, -0.2) is 0 Å². The summed E-state index contributed by atoms with van der Waals surface area (Å²) in [5.74, 6) is -5.02. The van der Waals surface area contributed by atoms with Crippen molar-refractivity contribution in [3.63, 3.8) is 0 Å². The SMILES string of the molecule is CCc1ccc(N2C(=O)C3CC=C4C(CC5C(=O)N(Nc6ccc(Cl)cc6Cl)C(=O)C5(c5ccc(OC)cc5)C4c4cc(OC)ccc4O)C3C2=O)cc1. The van der Waals surface area contributed by atoms with Crippen LogP contribution in [0.3, 0.4) is 0 Å². The number of carbonyl (C=O) groups is 4. The van der Waals surface area contributed by atoms with Crippen LogP contribution in [-0.4, -0.2) is 48.0 Å². The molecule has 4 aliphatic rings. The molecule has 0 radical (unpaired) electrons. The van der Waals surface area contributed by atoms with E-state index >= 15 is 4.79 Å². The van der Waals surface area contributed by atoms with E-state index in [2.05, 4.69) is 5.43 Å². The number of nitrogens with one attached hydrogen (secondary N) is 1. The third-order valence-electron chi connectivity index (χ3n) is 11.7. The van der Waals surface area contributed by atoms with Crippen molar-refractivity contribution in [1.29, 1.82) is 0 Å². The average molecular weight is 767 g/mol. The lowest BCUT2D eigenvalue weighted by atomic mass is 9.49. The van der Waals surface area contributed by atoms with Gasteiger partial charge in [0.05, 0.1) is 53.8 Å². The lowest BCUT2D eigenvalue weighted by Crippen LogP contribution is -2.53. The molecule has 54 heavy (non-hydrogen) atoms.